The molecule has 2 aliphatic heterocycles. The molecule has 5 heteroatoms. The Morgan fingerprint density at radius 1 is 1.35 bits per heavy atom. The number of hydrogen-bond donors (Lipinski definition) is 1. The van der Waals surface area contributed by atoms with Gasteiger partial charge in [0.2, 0.25) is 11.8 Å². The van der Waals surface area contributed by atoms with Crippen molar-refractivity contribution < 1.29 is 14.3 Å². The van der Waals surface area contributed by atoms with Gasteiger partial charge in [0.15, 0.2) is 0 Å². The van der Waals surface area contributed by atoms with Gasteiger partial charge < -0.3 is 15.0 Å². The lowest BCUT2D eigenvalue weighted by Gasteiger charge is -2.35. The van der Waals surface area contributed by atoms with E-state index in [-0.39, 0.29) is 17.9 Å². The highest BCUT2D eigenvalue weighted by molar-refractivity contribution is 5.94. The fourth-order valence-electron chi connectivity index (χ4n) is 3.48. The second kappa shape index (κ2) is 5.02. The number of ether oxygens (including phenoxy) is 1. The van der Waals surface area contributed by atoms with Crippen LogP contribution in [0.15, 0.2) is 0 Å². The molecule has 3 aliphatic rings. The van der Waals surface area contributed by atoms with Gasteiger partial charge in [-0.2, -0.15) is 0 Å². The molecular formula is C15H24N2O3. The van der Waals surface area contributed by atoms with E-state index in [1.807, 2.05) is 18.7 Å². The van der Waals surface area contributed by atoms with E-state index in [9.17, 15) is 9.59 Å². The van der Waals surface area contributed by atoms with E-state index in [1.165, 1.54) is 0 Å². The smallest absolute Gasteiger partial charge is 0.248 e. The first-order valence-corrected chi connectivity index (χ1v) is 7.70. The van der Waals surface area contributed by atoms with Crippen molar-refractivity contribution >= 4 is 11.8 Å². The highest BCUT2D eigenvalue weighted by Crippen LogP contribution is 2.42. The average molecular weight is 280 g/mol. The van der Waals surface area contributed by atoms with Gasteiger partial charge in [0.1, 0.15) is 5.54 Å². The maximum absolute atomic E-state index is 13.0. The third kappa shape index (κ3) is 2.43. The third-order valence-electron chi connectivity index (χ3n) is 4.99. The van der Waals surface area contributed by atoms with Crippen LogP contribution in [0.5, 0.6) is 0 Å². The molecule has 2 saturated heterocycles. The number of carbonyl (C=O) groups excluding carboxylic acids is 2. The van der Waals surface area contributed by atoms with Crippen molar-refractivity contribution in [2.24, 2.45) is 11.8 Å². The zero-order valence-electron chi connectivity index (χ0n) is 12.4. The highest BCUT2D eigenvalue weighted by Gasteiger charge is 2.52. The van der Waals surface area contributed by atoms with Gasteiger partial charge in [-0.15, -0.1) is 0 Å². The number of nitrogens with one attached hydrogen (secondary N) is 1. The molecule has 0 radical (unpaired) electrons. The van der Waals surface area contributed by atoms with Crippen LogP contribution in [0.1, 0.15) is 39.5 Å². The van der Waals surface area contributed by atoms with Gasteiger partial charge in [0.05, 0.1) is 6.61 Å². The maximum atomic E-state index is 13.0. The van der Waals surface area contributed by atoms with Gasteiger partial charge in [-0.25, -0.2) is 0 Å². The molecule has 112 valence electrons. The minimum atomic E-state index is -0.693. The molecule has 3 unspecified atom stereocenters. The fourth-order valence-corrected chi connectivity index (χ4v) is 3.48. The Bertz CT molecular complexity index is 415. The molecule has 0 aromatic rings. The van der Waals surface area contributed by atoms with Gasteiger partial charge >= 0.3 is 0 Å². The Hall–Kier alpha value is -1.10. The molecule has 0 spiro atoms. The minimum absolute atomic E-state index is 0.00502. The Morgan fingerprint density at radius 3 is 2.70 bits per heavy atom. The molecule has 1 aliphatic carbocycles. The molecular weight excluding hydrogens is 256 g/mol. The van der Waals surface area contributed by atoms with Crippen LogP contribution in [0.2, 0.25) is 0 Å². The molecule has 20 heavy (non-hydrogen) atoms. The average Bonchev–Trinajstić information content (AvgIpc) is 3.13. The van der Waals surface area contributed by atoms with Crippen molar-refractivity contribution in [3.63, 3.8) is 0 Å². The second-order valence-corrected chi connectivity index (χ2v) is 6.77. The molecule has 1 N–H and O–H groups in total. The molecule has 3 fully saturated rings. The van der Waals surface area contributed by atoms with E-state index in [0.29, 0.717) is 18.3 Å². The number of amides is 2. The zero-order valence-corrected chi connectivity index (χ0v) is 12.4. The molecule has 2 amide bonds. The Morgan fingerprint density at radius 2 is 2.10 bits per heavy atom. The highest BCUT2D eigenvalue weighted by atomic mass is 16.5. The van der Waals surface area contributed by atoms with Crippen LogP contribution in [-0.4, -0.2) is 48.1 Å². The van der Waals surface area contributed by atoms with E-state index in [4.69, 9.17) is 4.74 Å². The summed E-state index contributed by atoms with van der Waals surface area (Å²) in [4.78, 5) is 26.9. The van der Waals surface area contributed by atoms with E-state index in [1.54, 1.807) is 0 Å². The van der Waals surface area contributed by atoms with Crippen LogP contribution in [0.4, 0.5) is 0 Å². The monoisotopic (exact) mass is 280 g/mol. The van der Waals surface area contributed by atoms with Crippen molar-refractivity contribution in [1.29, 1.82) is 0 Å². The molecule has 2 heterocycles. The molecule has 5 nitrogen and oxygen atoms in total. The van der Waals surface area contributed by atoms with Crippen molar-refractivity contribution in [1.82, 2.24) is 10.2 Å². The van der Waals surface area contributed by atoms with Crippen LogP contribution in [0.25, 0.3) is 0 Å². The van der Waals surface area contributed by atoms with Gasteiger partial charge in [0.25, 0.3) is 0 Å². The van der Waals surface area contributed by atoms with Gasteiger partial charge in [-0.05, 0) is 39.0 Å². The van der Waals surface area contributed by atoms with Crippen molar-refractivity contribution in [3.05, 3.63) is 0 Å². The fraction of sp³-hybridized carbons (Fsp3) is 0.867. The number of carbonyl (C=O) groups is 2. The number of nitrogens with zero attached hydrogens (tertiary/aromatic N) is 1. The van der Waals surface area contributed by atoms with Crippen molar-refractivity contribution in [3.8, 4) is 0 Å². The summed E-state index contributed by atoms with van der Waals surface area (Å²) in [6.45, 7) is 6.13. The molecule has 1 saturated carbocycles. The van der Waals surface area contributed by atoms with Crippen LogP contribution in [-0.2, 0) is 14.3 Å². The SMILES string of the molecule is CC1CC(=O)NC(C)(C2CC2)C(=O)N1CC1CCOC1. The van der Waals surface area contributed by atoms with Gasteiger partial charge in [0, 0.05) is 31.5 Å². The molecule has 0 aromatic heterocycles. The van der Waals surface area contributed by atoms with Crippen LogP contribution < -0.4 is 5.32 Å². The second-order valence-electron chi connectivity index (χ2n) is 6.77. The largest absolute Gasteiger partial charge is 0.381 e. The minimum Gasteiger partial charge on any atom is -0.381 e. The zero-order chi connectivity index (χ0) is 14.3. The van der Waals surface area contributed by atoms with E-state index < -0.39 is 5.54 Å². The summed E-state index contributed by atoms with van der Waals surface area (Å²) >= 11 is 0. The standard InChI is InChI=1S/C15H24N2O3/c1-10-7-13(18)16-15(2,12-3-4-12)14(19)17(10)8-11-5-6-20-9-11/h10-12H,3-9H2,1-2H3,(H,16,18). The molecule has 3 rings (SSSR count). The van der Waals surface area contributed by atoms with Gasteiger partial charge in [-0.3, -0.25) is 9.59 Å². The van der Waals surface area contributed by atoms with E-state index >= 15 is 0 Å². The van der Waals surface area contributed by atoms with Crippen LogP contribution in [0, 0.1) is 11.8 Å². The third-order valence-corrected chi connectivity index (χ3v) is 4.99. The first-order chi connectivity index (χ1) is 9.50. The number of rotatable bonds is 3. The maximum Gasteiger partial charge on any atom is 0.248 e. The lowest BCUT2D eigenvalue weighted by molar-refractivity contribution is -0.141. The summed E-state index contributed by atoms with van der Waals surface area (Å²) in [6, 6.07) is -0.0244. The Kier molecular flexibility index (Phi) is 3.48. The Labute approximate surface area is 120 Å². The quantitative estimate of drug-likeness (QED) is 0.836. The topological polar surface area (TPSA) is 58.6 Å². The van der Waals surface area contributed by atoms with Crippen LogP contribution >= 0.6 is 0 Å². The Balaban J connectivity index is 1.81. The predicted octanol–water partition coefficient (Wildman–Crippen LogP) is 0.929. The van der Waals surface area contributed by atoms with Gasteiger partial charge in [-0.1, -0.05) is 0 Å². The first kappa shape index (κ1) is 13.9. The van der Waals surface area contributed by atoms with E-state index in [0.717, 1.165) is 39.0 Å². The number of hydrogen-bond acceptors (Lipinski definition) is 3. The summed E-state index contributed by atoms with van der Waals surface area (Å²) in [6.07, 6.45) is 3.49. The lowest BCUT2D eigenvalue weighted by atomic mass is 9.93. The summed E-state index contributed by atoms with van der Waals surface area (Å²) in [7, 11) is 0. The summed E-state index contributed by atoms with van der Waals surface area (Å²) in [5.74, 6) is 0.834. The normalized spacial score (nSPS) is 38.8. The molecule has 0 aromatic carbocycles. The van der Waals surface area contributed by atoms with E-state index in [2.05, 4.69) is 5.32 Å². The molecule has 3 atom stereocenters. The summed E-state index contributed by atoms with van der Waals surface area (Å²) in [5.41, 5.74) is -0.693. The predicted molar refractivity (Wildman–Crippen MR) is 74.0 cm³/mol. The van der Waals surface area contributed by atoms with Crippen LogP contribution in [0.3, 0.4) is 0 Å². The summed E-state index contributed by atoms with van der Waals surface area (Å²) in [5, 5.41) is 2.99. The molecule has 0 bridgehead atoms. The van der Waals surface area contributed by atoms with Crippen molar-refractivity contribution in [2.45, 2.75) is 51.1 Å². The lowest BCUT2D eigenvalue weighted by Crippen LogP contribution is -2.58. The summed E-state index contributed by atoms with van der Waals surface area (Å²) < 4.78 is 5.41. The van der Waals surface area contributed by atoms with Crippen molar-refractivity contribution in [2.75, 3.05) is 19.8 Å². The first-order valence-electron chi connectivity index (χ1n) is 7.70.